The van der Waals surface area contributed by atoms with Crippen LogP contribution in [0, 0.1) is 27.7 Å². The Hall–Kier alpha value is -2.48. The third-order valence-corrected chi connectivity index (χ3v) is 5.49. The number of aryl methyl sites for hydroxylation is 3. The molecule has 150 valence electrons. The van der Waals surface area contributed by atoms with Crippen molar-refractivity contribution >= 4 is 11.0 Å². The Morgan fingerprint density at radius 3 is 2.71 bits per heavy atom. The van der Waals surface area contributed by atoms with Crippen LogP contribution in [0.1, 0.15) is 48.1 Å². The second-order valence-corrected chi connectivity index (χ2v) is 7.47. The lowest BCUT2D eigenvalue weighted by Gasteiger charge is -2.23. The average molecular weight is 384 g/mol. The SMILES string of the molecule is Cc1ncc2c(C)nn(CCCOc3nn(C4CCOCC4)c(C)c3C)c2n1. The van der Waals surface area contributed by atoms with Crippen LogP contribution >= 0.6 is 0 Å². The zero-order chi connectivity index (χ0) is 19.7. The van der Waals surface area contributed by atoms with E-state index in [1.807, 2.05) is 24.7 Å². The zero-order valence-electron chi connectivity index (χ0n) is 17.1. The molecule has 28 heavy (non-hydrogen) atoms. The fraction of sp³-hybridized carbons (Fsp3) is 0.600. The molecule has 3 aromatic heterocycles. The average Bonchev–Trinajstić information content (AvgIpc) is 3.16. The molecular formula is C20H28N6O2. The summed E-state index contributed by atoms with van der Waals surface area (Å²) in [6.07, 6.45) is 4.70. The summed E-state index contributed by atoms with van der Waals surface area (Å²) in [7, 11) is 0. The lowest BCUT2D eigenvalue weighted by Crippen LogP contribution is -2.21. The maximum Gasteiger partial charge on any atom is 0.235 e. The molecule has 1 fully saturated rings. The molecule has 1 saturated heterocycles. The molecule has 8 heteroatoms. The lowest BCUT2D eigenvalue weighted by molar-refractivity contribution is 0.0652. The van der Waals surface area contributed by atoms with Gasteiger partial charge in [-0.25, -0.2) is 14.6 Å². The molecule has 0 saturated carbocycles. The summed E-state index contributed by atoms with van der Waals surface area (Å²) in [5.74, 6) is 1.50. The van der Waals surface area contributed by atoms with Crippen LogP contribution in [-0.4, -0.2) is 49.3 Å². The minimum atomic E-state index is 0.408. The normalized spacial score (nSPS) is 15.4. The second kappa shape index (κ2) is 7.87. The summed E-state index contributed by atoms with van der Waals surface area (Å²) in [5.41, 5.74) is 4.15. The molecule has 0 spiro atoms. The van der Waals surface area contributed by atoms with Crippen molar-refractivity contribution in [1.82, 2.24) is 29.5 Å². The predicted molar refractivity (Wildman–Crippen MR) is 106 cm³/mol. The highest BCUT2D eigenvalue weighted by atomic mass is 16.5. The molecule has 0 aromatic carbocycles. The summed E-state index contributed by atoms with van der Waals surface area (Å²) in [6, 6.07) is 0.408. The number of rotatable bonds is 6. The number of nitrogens with zero attached hydrogens (tertiary/aromatic N) is 6. The smallest absolute Gasteiger partial charge is 0.235 e. The highest BCUT2D eigenvalue weighted by Crippen LogP contribution is 2.28. The standard InChI is InChI=1S/C20H28N6O2/c1-13-15(3)26(17-6-10-27-11-7-17)24-20(13)28-9-5-8-25-19-18(14(2)23-25)12-21-16(4)22-19/h12,17H,5-11H2,1-4H3. The maximum absolute atomic E-state index is 6.02. The van der Waals surface area contributed by atoms with Gasteiger partial charge < -0.3 is 9.47 Å². The second-order valence-electron chi connectivity index (χ2n) is 7.47. The Labute approximate surface area is 164 Å². The number of hydrogen-bond donors (Lipinski definition) is 0. The van der Waals surface area contributed by atoms with Gasteiger partial charge >= 0.3 is 0 Å². The molecule has 0 N–H and O–H groups in total. The quantitative estimate of drug-likeness (QED) is 0.608. The van der Waals surface area contributed by atoms with Crippen molar-refractivity contribution in [3.63, 3.8) is 0 Å². The van der Waals surface area contributed by atoms with Crippen LogP contribution in [0.25, 0.3) is 11.0 Å². The van der Waals surface area contributed by atoms with Gasteiger partial charge in [0.15, 0.2) is 5.65 Å². The Kier molecular flexibility index (Phi) is 5.30. The monoisotopic (exact) mass is 384 g/mol. The molecule has 1 aliphatic heterocycles. The fourth-order valence-corrected chi connectivity index (χ4v) is 3.73. The van der Waals surface area contributed by atoms with Crippen molar-refractivity contribution in [2.75, 3.05) is 19.8 Å². The van der Waals surface area contributed by atoms with E-state index in [9.17, 15) is 0 Å². The fourth-order valence-electron chi connectivity index (χ4n) is 3.73. The first-order valence-electron chi connectivity index (χ1n) is 9.97. The minimum absolute atomic E-state index is 0.408. The number of fused-ring (bicyclic) bond motifs is 1. The van der Waals surface area contributed by atoms with Crippen molar-refractivity contribution < 1.29 is 9.47 Å². The van der Waals surface area contributed by atoms with Gasteiger partial charge in [-0.2, -0.15) is 5.10 Å². The molecule has 4 rings (SSSR count). The molecule has 3 aromatic rings. The van der Waals surface area contributed by atoms with E-state index >= 15 is 0 Å². The van der Waals surface area contributed by atoms with Crippen LogP contribution < -0.4 is 4.74 Å². The van der Waals surface area contributed by atoms with Gasteiger partial charge in [0, 0.05) is 43.6 Å². The maximum atomic E-state index is 6.02. The van der Waals surface area contributed by atoms with Crippen molar-refractivity contribution in [2.24, 2.45) is 0 Å². The first-order chi connectivity index (χ1) is 13.5. The largest absolute Gasteiger partial charge is 0.476 e. The number of hydrogen-bond acceptors (Lipinski definition) is 6. The van der Waals surface area contributed by atoms with Gasteiger partial charge in [0.1, 0.15) is 5.82 Å². The van der Waals surface area contributed by atoms with Crippen LogP contribution in [0.2, 0.25) is 0 Å². The molecule has 0 atom stereocenters. The summed E-state index contributed by atoms with van der Waals surface area (Å²) in [6.45, 7) is 11.0. The molecule has 0 bridgehead atoms. The molecule has 1 aliphatic rings. The van der Waals surface area contributed by atoms with E-state index in [0.29, 0.717) is 12.6 Å². The van der Waals surface area contributed by atoms with Gasteiger partial charge in [-0.3, -0.25) is 4.68 Å². The van der Waals surface area contributed by atoms with Gasteiger partial charge in [0.25, 0.3) is 0 Å². The van der Waals surface area contributed by atoms with Crippen LogP contribution in [0.15, 0.2) is 6.20 Å². The highest BCUT2D eigenvalue weighted by Gasteiger charge is 2.21. The van der Waals surface area contributed by atoms with Crippen molar-refractivity contribution in [2.45, 2.75) is 59.5 Å². The Bertz CT molecular complexity index is 971. The zero-order valence-corrected chi connectivity index (χ0v) is 17.1. The Morgan fingerprint density at radius 2 is 1.93 bits per heavy atom. The van der Waals surface area contributed by atoms with Crippen LogP contribution in [0.3, 0.4) is 0 Å². The van der Waals surface area contributed by atoms with Crippen LogP contribution in [0.5, 0.6) is 5.88 Å². The number of aromatic nitrogens is 6. The van der Waals surface area contributed by atoms with Gasteiger partial charge in [-0.1, -0.05) is 0 Å². The van der Waals surface area contributed by atoms with Gasteiger partial charge in [-0.05, 0) is 40.5 Å². The van der Waals surface area contributed by atoms with E-state index in [1.54, 1.807) is 0 Å². The predicted octanol–water partition coefficient (Wildman–Crippen LogP) is 3.08. The Morgan fingerprint density at radius 1 is 1.14 bits per heavy atom. The van der Waals surface area contributed by atoms with E-state index in [-0.39, 0.29) is 0 Å². The summed E-state index contributed by atoms with van der Waals surface area (Å²) in [4.78, 5) is 8.81. The molecule has 4 heterocycles. The van der Waals surface area contributed by atoms with E-state index in [4.69, 9.17) is 14.6 Å². The molecule has 0 radical (unpaired) electrons. The van der Waals surface area contributed by atoms with Gasteiger partial charge in [-0.15, -0.1) is 5.10 Å². The van der Waals surface area contributed by atoms with E-state index < -0.39 is 0 Å². The third-order valence-electron chi connectivity index (χ3n) is 5.49. The Balaban J connectivity index is 1.39. The molecular weight excluding hydrogens is 356 g/mol. The van der Waals surface area contributed by atoms with E-state index in [0.717, 1.165) is 73.0 Å². The van der Waals surface area contributed by atoms with Crippen molar-refractivity contribution in [1.29, 1.82) is 0 Å². The summed E-state index contributed by atoms with van der Waals surface area (Å²) in [5, 5.41) is 10.3. The topological polar surface area (TPSA) is 79.9 Å². The summed E-state index contributed by atoms with van der Waals surface area (Å²) < 4.78 is 15.6. The molecule has 0 amide bonds. The van der Waals surface area contributed by atoms with Crippen molar-refractivity contribution in [3.8, 4) is 5.88 Å². The minimum Gasteiger partial charge on any atom is -0.476 e. The van der Waals surface area contributed by atoms with Crippen molar-refractivity contribution in [3.05, 3.63) is 29.0 Å². The van der Waals surface area contributed by atoms with E-state index in [1.165, 1.54) is 5.69 Å². The highest BCUT2D eigenvalue weighted by molar-refractivity contribution is 5.77. The van der Waals surface area contributed by atoms with Crippen LogP contribution in [-0.2, 0) is 11.3 Å². The lowest BCUT2D eigenvalue weighted by atomic mass is 10.1. The molecule has 8 nitrogen and oxygen atoms in total. The van der Waals surface area contributed by atoms with Crippen LogP contribution in [0.4, 0.5) is 0 Å². The molecule has 0 unspecified atom stereocenters. The number of ether oxygens (including phenoxy) is 2. The first-order valence-corrected chi connectivity index (χ1v) is 9.97. The first kappa shape index (κ1) is 18.9. The summed E-state index contributed by atoms with van der Waals surface area (Å²) >= 11 is 0. The van der Waals surface area contributed by atoms with Gasteiger partial charge in [0.2, 0.25) is 5.88 Å². The molecule has 0 aliphatic carbocycles. The van der Waals surface area contributed by atoms with E-state index in [2.05, 4.69) is 33.6 Å². The third kappa shape index (κ3) is 3.61. The van der Waals surface area contributed by atoms with Gasteiger partial charge in [0.05, 0.1) is 23.7 Å².